The van der Waals surface area contributed by atoms with E-state index < -0.39 is 0 Å². The number of H-pyrrole nitrogens is 1. The molecule has 0 saturated heterocycles. The van der Waals surface area contributed by atoms with E-state index in [4.69, 9.17) is 0 Å². The molecule has 0 aliphatic carbocycles. The minimum absolute atomic E-state index is 0.0389. The Morgan fingerprint density at radius 1 is 1.12 bits per heavy atom. The molecule has 130 valence electrons. The van der Waals surface area contributed by atoms with Gasteiger partial charge in [-0.05, 0) is 57.3 Å². The monoisotopic (exact) mass is 335 g/mol. The number of benzene rings is 2. The second-order valence-corrected chi connectivity index (χ2v) is 6.74. The fourth-order valence-electron chi connectivity index (χ4n) is 3.17. The first-order valence-electron chi connectivity index (χ1n) is 8.56. The van der Waals surface area contributed by atoms with Crippen molar-refractivity contribution in [3.63, 3.8) is 0 Å². The summed E-state index contributed by atoms with van der Waals surface area (Å²) >= 11 is 0. The summed E-state index contributed by atoms with van der Waals surface area (Å²) in [6.07, 6.45) is 0. The van der Waals surface area contributed by atoms with Crippen LogP contribution in [0.25, 0.3) is 10.9 Å². The van der Waals surface area contributed by atoms with Gasteiger partial charge in [-0.1, -0.05) is 30.3 Å². The number of hydrogen-bond donors (Lipinski definition) is 2. The lowest BCUT2D eigenvalue weighted by atomic mass is 10.1. The summed E-state index contributed by atoms with van der Waals surface area (Å²) in [6, 6.07) is 16.2. The maximum atomic E-state index is 12.6. The van der Waals surface area contributed by atoms with Gasteiger partial charge in [-0.3, -0.25) is 4.79 Å². The molecule has 1 heterocycles. The molecule has 4 nitrogen and oxygen atoms in total. The maximum absolute atomic E-state index is 12.6. The number of nitrogens with one attached hydrogen (secondary N) is 2. The molecule has 25 heavy (non-hydrogen) atoms. The van der Waals surface area contributed by atoms with Crippen molar-refractivity contribution in [1.29, 1.82) is 0 Å². The molecule has 0 unspecified atom stereocenters. The summed E-state index contributed by atoms with van der Waals surface area (Å²) in [5.41, 5.74) is 5.30. The van der Waals surface area contributed by atoms with E-state index in [1.165, 1.54) is 11.1 Å². The summed E-state index contributed by atoms with van der Waals surface area (Å²) in [6.45, 7) is 4.70. The van der Waals surface area contributed by atoms with Gasteiger partial charge in [-0.15, -0.1) is 0 Å². The summed E-state index contributed by atoms with van der Waals surface area (Å²) in [4.78, 5) is 18.1. The van der Waals surface area contributed by atoms with Crippen molar-refractivity contribution in [3.05, 3.63) is 70.9 Å². The highest BCUT2D eigenvalue weighted by Crippen LogP contribution is 2.22. The molecule has 1 aromatic heterocycles. The molecule has 0 bridgehead atoms. The number of aromatic amines is 1. The summed E-state index contributed by atoms with van der Waals surface area (Å²) in [5, 5.41) is 4.19. The van der Waals surface area contributed by atoms with Crippen LogP contribution in [-0.4, -0.2) is 36.4 Å². The van der Waals surface area contributed by atoms with Crippen LogP contribution in [0.15, 0.2) is 48.5 Å². The van der Waals surface area contributed by atoms with Crippen LogP contribution < -0.4 is 5.32 Å². The first kappa shape index (κ1) is 17.2. The molecule has 1 amide bonds. The summed E-state index contributed by atoms with van der Waals surface area (Å²) in [7, 11) is 4.06. The Morgan fingerprint density at radius 3 is 2.52 bits per heavy atom. The Hall–Kier alpha value is -2.59. The highest BCUT2D eigenvalue weighted by molar-refractivity contribution is 5.99. The van der Waals surface area contributed by atoms with Crippen LogP contribution in [0.5, 0.6) is 0 Å². The van der Waals surface area contributed by atoms with Gasteiger partial charge in [0.15, 0.2) is 0 Å². The van der Waals surface area contributed by atoms with Gasteiger partial charge in [-0.2, -0.15) is 0 Å². The van der Waals surface area contributed by atoms with Crippen LogP contribution in [0.1, 0.15) is 33.2 Å². The Balaban J connectivity index is 1.76. The Kier molecular flexibility index (Phi) is 4.91. The van der Waals surface area contributed by atoms with Crippen LogP contribution in [0.2, 0.25) is 0 Å². The van der Waals surface area contributed by atoms with E-state index >= 15 is 0 Å². The number of carbonyl (C=O) groups excluding carboxylic acids is 1. The standard InChI is InChI=1S/C21H25N3O/c1-14-15(2)23-19-11-10-17(12-18(14)19)21(25)22-13-20(24(3)4)16-8-6-5-7-9-16/h5-12,20,23H,13H2,1-4H3,(H,22,25)/t20-/m0/s1. The highest BCUT2D eigenvalue weighted by atomic mass is 16.1. The fraction of sp³-hybridized carbons (Fsp3) is 0.286. The van der Waals surface area contributed by atoms with E-state index in [-0.39, 0.29) is 11.9 Å². The zero-order valence-electron chi connectivity index (χ0n) is 15.3. The van der Waals surface area contributed by atoms with Gasteiger partial charge in [-0.25, -0.2) is 0 Å². The quantitative estimate of drug-likeness (QED) is 0.745. The number of amides is 1. The largest absolute Gasteiger partial charge is 0.358 e. The minimum atomic E-state index is -0.0389. The number of rotatable bonds is 5. The zero-order valence-corrected chi connectivity index (χ0v) is 15.3. The number of carbonyl (C=O) groups is 1. The van der Waals surface area contributed by atoms with E-state index in [1.807, 2.05) is 50.5 Å². The average molecular weight is 335 g/mol. The van der Waals surface area contributed by atoms with Crippen LogP contribution >= 0.6 is 0 Å². The molecule has 0 aliphatic rings. The predicted molar refractivity (Wildman–Crippen MR) is 103 cm³/mol. The van der Waals surface area contributed by atoms with Crippen molar-refractivity contribution in [2.45, 2.75) is 19.9 Å². The number of fused-ring (bicyclic) bond motifs is 1. The Labute approximate surface area is 148 Å². The fourth-order valence-corrected chi connectivity index (χ4v) is 3.17. The lowest BCUT2D eigenvalue weighted by molar-refractivity contribution is 0.0942. The molecule has 0 fully saturated rings. The van der Waals surface area contributed by atoms with Gasteiger partial charge >= 0.3 is 0 Å². The second-order valence-electron chi connectivity index (χ2n) is 6.74. The first-order valence-corrected chi connectivity index (χ1v) is 8.56. The van der Waals surface area contributed by atoms with Gasteiger partial charge in [0.2, 0.25) is 0 Å². The molecule has 4 heteroatoms. The van der Waals surface area contributed by atoms with Crippen LogP contribution in [0.3, 0.4) is 0 Å². The average Bonchev–Trinajstić information content (AvgIpc) is 2.89. The van der Waals surface area contributed by atoms with Gasteiger partial charge in [0.1, 0.15) is 0 Å². The van der Waals surface area contributed by atoms with Crippen molar-refractivity contribution < 1.29 is 4.79 Å². The van der Waals surface area contributed by atoms with Crippen molar-refractivity contribution in [3.8, 4) is 0 Å². The number of aromatic nitrogens is 1. The maximum Gasteiger partial charge on any atom is 0.251 e. The van der Waals surface area contributed by atoms with E-state index in [2.05, 4.69) is 41.2 Å². The van der Waals surface area contributed by atoms with Crippen LogP contribution in [0.4, 0.5) is 0 Å². The molecular formula is C21H25N3O. The van der Waals surface area contributed by atoms with Gasteiger partial charge in [0.25, 0.3) is 5.91 Å². The molecular weight excluding hydrogens is 310 g/mol. The Bertz CT molecular complexity index is 881. The lowest BCUT2D eigenvalue weighted by Crippen LogP contribution is -2.34. The molecule has 0 saturated carbocycles. The van der Waals surface area contributed by atoms with E-state index in [0.717, 1.165) is 16.6 Å². The van der Waals surface area contributed by atoms with E-state index in [9.17, 15) is 4.79 Å². The van der Waals surface area contributed by atoms with Crippen molar-refractivity contribution in [2.24, 2.45) is 0 Å². The molecule has 3 rings (SSSR count). The minimum Gasteiger partial charge on any atom is -0.358 e. The summed E-state index contributed by atoms with van der Waals surface area (Å²) < 4.78 is 0. The van der Waals surface area contributed by atoms with E-state index in [0.29, 0.717) is 12.1 Å². The molecule has 2 N–H and O–H groups in total. The smallest absolute Gasteiger partial charge is 0.251 e. The number of aryl methyl sites for hydroxylation is 2. The molecule has 0 spiro atoms. The molecule has 1 atom stereocenters. The number of likely N-dealkylation sites (N-methyl/N-ethyl adjacent to an activating group) is 1. The van der Waals surface area contributed by atoms with Gasteiger partial charge in [0.05, 0.1) is 6.04 Å². The zero-order chi connectivity index (χ0) is 18.0. The normalized spacial score (nSPS) is 12.5. The van der Waals surface area contributed by atoms with Gasteiger partial charge in [0, 0.05) is 28.7 Å². The summed E-state index contributed by atoms with van der Waals surface area (Å²) in [5.74, 6) is -0.0389. The number of nitrogens with zero attached hydrogens (tertiary/aromatic N) is 1. The molecule has 0 aliphatic heterocycles. The van der Waals surface area contributed by atoms with Crippen molar-refractivity contribution >= 4 is 16.8 Å². The highest BCUT2D eigenvalue weighted by Gasteiger charge is 2.16. The Morgan fingerprint density at radius 2 is 1.84 bits per heavy atom. The van der Waals surface area contributed by atoms with E-state index in [1.54, 1.807) is 0 Å². The number of hydrogen-bond acceptors (Lipinski definition) is 2. The van der Waals surface area contributed by atoms with Gasteiger partial charge < -0.3 is 15.2 Å². The third-order valence-corrected chi connectivity index (χ3v) is 4.83. The third-order valence-electron chi connectivity index (χ3n) is 4.83. The predicted octanol–water partition coefficient (Wildman–Crippen LogP) is 3.82. The topological polar surface area (TPSA) is 48.1 Å². The molecule has 3 aromatic rings. The SMILES string of the molecule is Cc1[nH]c2ccc(C(=O)NC[C@@H](c3ccccc3)N(C)C)cc2c1C. The van der Waals surface area contributed by atoms with Crippen LogP contribution in [-0.2, 0) is 0 Å². The third kappa shape index (κ3) is 3.59. The molecule has 2 aromatic carbocycles. The molecule has 0 radical (unpaired) electrons. The van der Waals surface area contributed by atoms with Crippen molar-refractivity contribution in [1.82, 2.24) is 15.2 Å². The second kappa shape index (κ2) is 7.11. The lowest BCUT2D eigenvalue weighted by Gasteiger charge is -2.25. The van der Waals surface area contributed by atoms with Crippen molar-refractivity contribution in [2.75, 3.05) is 20.6 Å². The first-order chi connectivity index (χ1) is 12.0. The van der Waals surface area contributed by atoms with Crippen LogP contribution in [0, 0.1) is 13.8 Å².